The molecule has 1 heterocycles. The van der Waals surface area contributed by atoms with Crippen LogP contribution >= 0.6 is 12.2 Å². The number of aromatic amines is 1. The molecule has 1 aromatic heterocycles. The standard InChI is InChI=1S/C12H10F2N4OS/c1-5-2-3-7(13)8(9(5)14)12(19)17-11-6(10(15)20)4-16-18-11/h2-4H,1H3,(H2,15,20)(H2,16,17,18,19). The van der Waals surface area contributed by atoms with Gasteiger partial charge in [-0.2, -0.15) is 5.10 Å². The molecule has 8 heteroatoms. The second-order valence-corrected chi connectivity index (χ2v) is 4.47. The molecule has 5 nitrogen and oxygen atoms in total. The minimum Gasteiger partial charge on any atom is -0.389 e. The average Bonchev–Trinajstić information content (AvgIpc) is 2.82. The molecule has 0 atom stereocenters. The number of nitrogens with one attached hydrogen (secondary N) is 2. The molecule has 104 valence electrons. The van der Waals surface area contributed by atoms with Gasteiger partial charge in [-0.05, 0) is 18.6 Å². The number of thiocarbonyl (C=S) groups is 1. The first-order valence-corrected chi connectivity index (χ1v) is 5.91. The van der Waals surface area contributed by atoms with Gasteiger partial charge in [0.15, 0.2) is 0 Å². The van der Waals surface area contributed by atoms with Crippen molar-refractivity contribution in [3.8, 4) is 0 Å². The Hall–Kier alpha value is -2.35. The number of H-pyrrole nitrogens is 1. The zero-order valence-electron chi connectivity index (χ0n) is 10.3. The van der Waals surface area contributed by atoms with Gasteiger partial charge in [-0.3, -0.25) is 9.89 Å². The van der Waals surface area contributed by atoms with Crippen molar-refractivity contribution in [3.05, 3.63) is 46.7 Å². The number of aromatic nitrogens is 2. The van der Waals surface area contributed by atoms with Crippen LogP contribution in [0.25, 0.3) is 0 Å². The van der Waals surface area contributed by atoms with E-state index in [9.17, 15) is 13.6 Å². The molecule has 0 radical (unpaired) electrons. The number of nitrogens with zero attached hydrogens (tertiary/aromatic N) is 1. The molecule has 0 bridgehead atoms. The van der Waals surface area contributed by atoms with Gasteiger partial charge in [-0.15, -0.1) is 0 Å². The number of halogens is 2. The Labute approximate surface area is 118 Å². The molecule has 0 aliphatic heterocycles. The smallest absolute Gasteiger partial charge is 0.262 e. The molecule has 0 unspecified atom stereocenters. The molecule has 1 aromatic carbocycles. The lowest BCUT2D eigenvalue weighted by molar-refractivity contribution is 0.101. The van der Waals surface area contributed by atoms with Crippen molar-refractivity contribution in [1.82, 2.24) is 10.2 Å². The minimum absolute atomic E-state index is 0.000707. The second kappa shape index (κ2) is 5.33. The van der Waals surface area contributed by atoms with E-state index in [0.29, 0.717) is 0 Å². The van der Waals surface area contributed by atoms with E-state index in [1.54, 1.807) is 0 Å². The molecule has 0 saturated heterocycles. The zero-order chi connectivity index (χ0) is 14.9. The fourth-order valence-electron chi connectivity index (χ4n) is 1.61. The summed E-state index contributed by atoms with van der Waals surface area (Å²) >= 11 is 4.76. The van der Waals surface area contributed by atoms with Crippen molar-refractivity contribution < 1.29 is 13.6 Å². The summed E-state index contributed by atoms with van der Waals surface area (Å²) in [5.74, 6) is -2.74. The Morgan fingerprint density at radius 1 is 1.45 bits per heavy atom. The van der Waals surface area contributed by atoms with Gasteiger partial charge in [-0.1, -0.05) is 18.3 Å². The molecule has 2 aromatic rings. The second-order valence-electron chi connectivity index (χ2n) is 4.03. The van der Waals surface area contributed by atoms with E-state index < -0.39 is 23.1 Å². The molecule has 0 saturated carbocycles. The van der Waals surface area contributed by atoms with E-state index >= 15 is 0 Å². The highest BCUT2D eigenvalue weighted by Gasteiger charge is 2.21. The molecule has 4 N–H and O–H groups in total. The summed E-state index contributed by atoms with van der Waals surface area (Å²) < 4.78 is 27.4. The van der Waals surface area contributed by atoms with Crippen LogP contribution in [0.1, 0.15) is 21.5 Å². The van der Waals surface area contributed by atoms with Crippen molar-refractivity contribution in [2.24, 2.45) is 5.73 Å². The molecule has 20 heavy (non-hydrogen) atoms. The number of aryl methyl sites for hydroxylation is 1. The molecule has 2 rings (SSSR count). The number of rotatable bonds is 3. The van der Waals surface area contributed by atoms with E-state index in [1.165, 1.54) is 19.2 Å². The Morgan fingerprint density at radius 2 is 2.15 bits per heavy atom. The van der Waals surface area contributed by atoms with Crippen LogP contribution in [0, 0.1) is 18.6 Å². The van der Waals surface area contributed by atoms with E-state index in [-0.39, 0.29) is 21.9 Å². The summed E-state index contributed by atoms with van der Waals surface area (Å²) in [5, 5.41) is 8.40. The maximum absolute atomic E-state index is 13.8. The van der Waals surface area contributed by atoms with Crippen LogP contribution < -0.4 is 11.1 Å². The summed E-state index contributed by atoms with van der Waals surface area (Å²) in [5.41, 5.74) is 5.20. The van der Waals surface area contributed by atoms with Gasteiger partial charge in [0.25, 0.3) is 5.91 Å². The maximum Gasteiger partial charge on any atom is 0.262 e. The maximum atomic E-state index is 13.8. The van der Waals surface area contributed by atoms with Crippen LogP contribution in [0.4, 0.5) is 14.6 Å². The van der Waals surface area contributed by atoms with E-state index in [4.69, 9.17) is 18.0 Å². The molecule has 0 spiro atoms. The monoisotopic (exact) mass is 296 g/mol. The fraction of sp³-hybridized carbons (Fsp3) is 0.0833. The Bertz CT molecular complexity index is 699. The number of benzene rings is 1. The van der Waals surface area contributed by atoms with Crippen LogP contribution in [0.2, 0.25) is 0 Å². The molecular weight excluding hydrogens is 286 g/mol. The summed E-state index contributed by atoms with van der Waals surface area (Å²) in [7, 11) is 0. The van der Waals surface area contributed by atoms with E-state index in [1.807, 2.05) is 0 Å². The largest absolute Gasteiger partial charge is 0.389 e. The first kappa shape index (κ1) is 14.1. The molecule has 0 fully saturated rings. The third-order valence-electron chi connectivity index (χ3n) is 2.65. The van der Waals surface area contributed by atoms with Crippen LogP contribution in [0.3, 0.4) is 0 Å². The molecule has 1 amide bonds. The van der Waals surface area contributed by atoms with Gasteiger partial charge in [0.05, 0.1) is 11.8 Å². The lowest BCUT2D eigenvalue weighted by Crippen LogP contribution is -2.19. The SMILES string of the molecule is Cc1ccc(F)c(C(=O)Nc2[nH]ncc2C(N)=S)c1F. The normalized spacial score (nSPS) is 10.3. The first-order chi connectivity index (χ1) is 9.41. The van der Waals surface area contributed by atoms with Crippen LogP contribution in [-0.4, -0.2) is 21.1 Å². The Balaban J connectivity index is 2.36. The number of nitrogens with two attached hydrogens (primary N) is 1. The average molecular weight is 296 g/mol. The lowest BCUT2D eigenvalue weighted by Gasteiger charge is -2.08. The van der Waals surface area contributed by atoms with Gasteiger partial charge < -0.3 is 11.1 Å². The molecule has 0 aliphatic rings. The van der Waals surface area contributed by atoms with Crippen molar-refractivity contribution in [1.29, 1.82) is 0 Å². The van der Waals surface area contributed by atoms with E-state index in [0.717, 1.165) is 6.07 Å². The van der Waals surface area contributed by atoms with Crippen LogP contribution in [0.15, 0.2) is 18.3 Å². The predicted octanol–water partition coefficient (Wildman–Crippen LogP) is 1.88. The third-order valence-corrected chi connectivity index (χ3v) is 2.87. The highest BCUT2D eigenvalue weighted by atomic mass is 32.1. The zero-order valence-corrected chi connectivity index (χ0v) is 11.1. The number of hydrogen-bond acceptors (Lipinski definition) is 3. The molecule has 0 aliphatic carbocycles. The Kier molecular flexibility index (Phi) is 3.75. The van der Waals surface area contributed by atoms with Crippen molar-refractivity contribution in [2.45, 2.75) is 6.92 Å². The third kappa shape index (κ3) is 2.50. The van der Waals surface area contributed by atoms with Crippen LogP contribution in [-0.2, 0) is 0 Å². The number of carbonyl (C=O) groups is 1. The van der Waals surface area contributed by atoms with Gasteiger partial charge >= 0.3 is 0 Å². The van der Waals surface area contributed by atoms with Gasteiger partial charge in [-0.25, -0.2) is 8.78 Å². The van der Waals surface area contributed by atoms with Gasteiger partial charge in [0, 0.05) is 0 Å². The quantitative estimate of drug-likeness (QED) is 0.755. The number of hydrogen-bond donors (Lipinski definition) is 3. The number of carbonyl (C=O) groups excluding carboxylic acids is 1. The van der Waals surface area contributed by atoms with Crippen LogP contribution in [0.5, 0.6) is 0 Å². The van der Waals surface area contributed by atoms with Gasteiger partial charge in [0.2, 0.25) is 0 Å². The highest BCUT2D eigenvalue weighted by molar-refractivity contribution is 7.80. The topological polar surface area (TPSA) is 83.8 Å². The van der Waals surface area contributed by atoms with Crippen molar-refractivity contribution in [2.75, 3.05) is 5.32 Å². The number of anilines is 1. The number of amides is 1. The minimum atomic E-state index is -0.956. The van der Waals surface area contributed by atoms with Crippen molar-refractivity contribution >= 4 is 28.9 Å². The summed E-state index contributed by atoms with van der Waals surface area (Å²) in [6.07, 6.45) is 1.31. The van der Waals surface area contributed by atoms with Crippen molar-refractivity contribution in [3.63, 3.8) is 0 Å². The van der Waals surface area contributed by atoms with Gasteiger partial charge in [0.1, 0.15) is 28.0 Å². The summed E-state index contributed by atoms with van der Waals surface area (Å²) in [6.45, 7) is 1.43. The highest BCUT2D eigenvalue weighted by Crippen LogP contribution is 2.19. The predicted molar refractivity (Wildman–Crippen MR) is 73.5 cm³/mol. The first-order valence-electron chi connectivity index (χ1n) is 5.51. The lowest BCUT2D eigenvalue weighted by atomic mass is 10.1. The fourth-order valence-corrected chi connectivity index (χ4v) is 1.76. The molecular formula is C12H10F2N4OS. The summed E-state index contributed by atoms with van der Waals surface area (Å²) in [4.78, 5) is 12.0. The Morgan fingerprint density at radius 3 is 2.80 bits per heavy atom. The summed E-state index contributed by atoms with van der Waals surface area (Å²) in [6, 6.07) is 2.27. The van der Waals surface area contributed by atoms with E-state index in [2.05, 4.69) is 15.5 Å².